The highest BCUT2D eigenvalue weighted by molar-refractivity contribution is 5.86. The van der Waals surface area contributed by atoms with Crippen molar-refractivity contribution in [2.75, 3.05) is 5.32 Å². The Bertz CT molecular complexity index is 750. The zero-order valence-electron chi connectivity index (χ0n) is 11.9. The van der Waals surface area contributed by atoms with Gasteiger partial charge in [-0.1, -0.05) is 0 Å². The van der Waals surface area contributed by atoms with Crippen LogP contribution in [0.15, 0.2) is 36.5 Å². The van der Waals surface area contributed by atoms with Crippen LogP contribution in [0, 0.1) is 19.7 Å². The Morgan fingerprint density at radius 2 is 1.86 bits per heavy atom. The molecule has 3 aromatic rings. The minimum absolute atomic E-state index is 0. The van der Waals surface area contributed by atoms with Gasteiger partial charge in [0.15, 0.2) is 0 Å². The molecule has 0 amide bonds. The molecule has 0 aliphatic rings. The van der Waals surface area contributed by atoms with Crippen molar-refractivity contribution in [1.82, 2.24) is 9.97 Å². The van der Waals surface area contributed by atoms with Gasteiger partial charge < -0.3 is 10.3 Å². The van der Waals surface area contributed by atoms with Crippen LogP contribution >= 0.6 is 12.4 Å². The first-order valence-corrected chi connectivity index (χ1v) is 6.57. The van der Waals surface area contributed by atoms with Gasteiger partial charge in [-0.2, -0.15) is 0 Å². The van der Waals surface area contributed by atoms with E-state index in [9.17, 15) is 4.39 Å². The number of halogens is 2. The molecule has 0 spiro atoms. The maximum Gasteiger partial charge on any atom is 0.123 e. The Hall–Kier alpha value is -2.07. The number of fused-ring (bicyclic) bond motifs is 1. The zero-order chi connectivity index (χ0) is 14.1. The minimum atomic E-state index is -0.230. The third kappa shape index (κ3) is 3.00. The fraction of sp³-hybridized carbons (Fsp3) is 0.188. The number of rotatable bonds is 3. The van der Waals surface area contributed by atoms with Crippen LogP contribution in [0.1, 0.15) is 17.0 Å². The number of nitrogens with one attached hydrogen (secondary N) is 2. The lowest BCUT2D eigenvalue weighted by Gasteiger charge is -2.06. The van der Waals surface area contributed by atoms with E-state index in [-0.39, 0.29) is 18.2 Å². The normalized spacial score (nSPS) is 10.4. The van der Waals surface area contributed by atoms with E-state index in [0.717, 1.165) is 22.6 Å². The van der Waals surface area contributed by atoms with Gasteiger partial charge in [0.1, 0.15) is 5.82 Å². The van der Waals surface area contributed by atoms with E-state index < -0.39 is 0 Å². The summed E-state index contributed by atoms with van der Waals surface area (Å²) < 4.78 is 12.9. The number of aryl methyl sites for hydroxylation is 2. The Morgan fingerprint density at radius 3 is 2.57 bits per heavy atom. The van der Waals surface area contributed by atoms with Crippen molar-refractivity contribution in [3.8, 4) is 0 Å². The number of aromatic amines is 1. The Labute approximate surface area is 129 Å². The summed E-state index contributed by atoms with van der Waals surface area (Å²) in [5, 5.41) is 4.46. The highest BCUT2D eigenvalue weighted by Crippen LogP contribution is 2.23. The molecule has 2 heterocycles. The van der Waals surface area contributed by atoms with Gasteiger partial charge >= 0.3 is 0 Å². The molecular weight excluding hydrogens is 289 g/mol. The first-order chi connectivity index (χ1) is 9.65. The Kier molecular flexibility index (Phi) is 4.48. The lowest BCUT2D eigenvalue weighted by molar-refractivity contribution is 0.628. The third-order valence-electron chi connectivity index (χ3n) is 3.61. The molecule has 0 unspecified atom stereocenters. The van der Waals surface area contributed by atoms with Gasteiger partial charge in [-0.25, -0.2) is 4.39 Å². The molecule has 3 nitrogen and oxygen atoms in total. The minimum Gasteiger partial charge on any atom is -0.379 e. The largest absolute Gasteiger partial charge is 0.379 e. The molecule has 3 rings (SSSR count). The number of hydrogen-bond donors (Lipinski definition) is 2. The zero-order valence-corrected chi connectivity index (χ0v) is 12.7. The number of anilines is 1. The summed E-state index contributed by atoms with van der Waals surface area (Å²) in [4.78, 5) is 7.80. The van der Waals surface area contributed by atoms with Gasteiger partial charge in [-0.3, -0.25) is 4.98 Å². The number of pyridine rings is 1. The fourth-order valence-electron chi connectivity index (χ4n) is 2.33. The van der Waals surface area contributed by atoms with E-state index in [0.29, 0.717) is 6.54 Å². The van der Waals surface area contributed by atoms with E-state index in [1.807, 2.05) is 12.3 Å². The maximum absolute atomic E-state index is 12.9. The van der Waals surface area contributed by atoms with Crippen molar-refractivity contribution >= 4 is 29.0 Å². The molecule has 0 aliphatic heterocycles. The topological polar surface area (TPSA) is 40.7 Å². The molecule has 110 valence electrons. The van der Waals surface area contributed by atoms with Crippen molar-refractivity contribution in [2.45, 2.75) is 20.4 Å². The van der Waals surface area contributed by atoms with Gasteiger partial charge in [0.05, 0.1) is 17.8 Å². The second-order valence-electron chi connectivity index (χ2n) is 4.92. The van der Waals surface area contributed by atoms with E-state index >= 15 is 0 Å². The molecule has 0 bridgehead atoms. The highest BCUT2D eigenvalue weighted by Gasteiger charge is 2.08. The molecule has 1 aromatic carbocycles. The van der Waals surface area contributed by atoms with Gasteiger partial charge in [0.25, 0.3) is 0 Å². The second-order valence-corrected chi connectivity index (χ2v) is 4.92. The average molecular weight is 306 g/mol. The molecular formula is C16H17ClFN3. The summed E-state index contributed by atoms with van der Waals surface area (Å²) in [5.74, 6) is -0.230. The summed E-state index contributed by atoms with van der Waals surface area (Å²) in [7, 11) is 0. The quantitative estimate of drug-likeness (QED) is 0.755. The number of hydrogen-bond acceptors (Lipinski definition) is 2. The van der Waals surface area contributed by atoms with Crippen molar-refractivity contribution in [1.29, 1.82) is 0 Å². The van der Waals surface area contributed by atoms with Crippen LogP contribution in [0.3, 0.4) is 0 Å². The van der Waals surface area contributed by atoms with Crippen molar-refractivity contribution in [2.24, 2.45) is 0 Å². The summed E-state index contributed by atoms with van der Waals surface area (Å²) in [6, 6.07) is 8.36. The summed E-state index contributed by atoms with van der Waals surface area (Å²) >= 11 is 0. The Balaban J connectivity index is 0.00000161. The standard InChI is InChI=1S/C16H16FN3.ClH/c1-10-11(2)20-16-14(10)7-8-18-15(16)9-19-13-5-3-12(17)4-6-13;/h3-8,19-20H,9H2,1-2H3;1H. The predicted molar refractivity (Wildman–Crippen MR) is 86.5 cm³/mol. The second kappa shape index (κ2) is 6.14. The highest BCUT2D eigenvalue weighted by atomic mass is 35.5. The molecule has 0 fully saturated rings. The smallest absolute Gasteiger partial charge is 0.123 e. The van der Waals surface area contributed by atoms with E-state index in [4.69, 9.17) is 0 Å². The predicted octanol–water partition coefficient (Wildman–Crippen LogP) is 4.35. The molecule has 0 saturated heterocycles. The van der Waals surface area contributed by atoms with Gasteiger partial charge in [0.2, 0.25) is 0 Å². The lowest BCUT2D eigenvalue weighted by atomic mass is 10.1. The van der Waals surface area contributed by atoms with E-state index in [1.54, 1.807) is 12.1 Å². The molecule has 21 heavy (non-hydrogen) atoms. The monoisotopic (exact) mass is 305 g/mol. The average Bonchev–Trinajstić information content (AvgIpc) is 2.75. The van der Waals surface area contributed by atoms with Crippen LogP contribution < -0.4 is 5.32 Å². The molecule has 0 saturated carbocycles. The summed E-state index contributed by atoms with van der Waals surface area (Å²) in [5.41, 5.74) is 5.33. The van der Waals surface area contributed by atoms with Crippen LogP contribution in [-0.2, 0) is 6.54 Å². The van der Waals surface area contributed by atoms with Crippen LogP contribution in [-0.4, -0.2) is 9.97 Å². The Morgan fingerprint density at radius 1 is 1.14 bits per heavy atom. The van der Waals surface area contributed by atoms with Crippen LogP contribution in [0.25, 0.3) is 10.9 Å². The maximum atomic E-state index is 12.9. The van der Waals surface area contributed by atoms with Crippen LogP contribution in [0.5, 0.6) is 0 Å². The van der Waals surface area contributed by atoms with Crippen LogP contribution in [0.4, 0.5) is 10.1 Å². The van der Waals surface area contributed by atoms with Crippen molar-refractivity contribution in [3.05, 3.63) is 59.3 Å². The number of nitrogens with zero attached hydrogens (tertiary/aromatic N) is 1. The third-order valence-corrected chi connectivity index (χ3v) is 3.61. The summed E-state index contributed by atoms with van der Waals surface area (Å²) in [6.07, 6.45) is 1.82. The molecule has 2 aromatic heterocycles. The first-order valence-electron chi connectivity index (χ1n) is 6.57. The number of benzene rings is 1. The molecule has 0 atom stereocenters. The fourth-order valence-corrected chi connectivity index (χ4v) is 2.33. The lowest BCUT2D eigenvalue weighted by Crippen LogP contribution is -2.02. The van der Waals surface area contributed by atoms with Gasteiger partial charge in [-0.15, -0.1) is 12.4 Å². The molecule has 5 heteroatoms. The van der Waals surface area contributed by atoms with Crippen LogP contribution in [0.2, 0.25) is 0 Å². The number of aromatic nitrogens is 2. The first kappa shape index (κ1) is 15.3. The molecule has 0 radical (unpaired) electrons. The van der Waals surface area contributed by atoms with E-state index in [2.05, 4.69) is 29.1 Å². The molecule has 2 N–H and O–H groups in total. The summed E-state index contributed by atoms with van der Waals surface area (Å²) in [6.45, 7) is 4.76. The van der Waals surface area contributed by atoms with Crippen molar-refractivity contribution in [3.63, 3.8) is 0 Å². The van der Waals surface area contributed by atoms with E-state index in [1.165, 1.54) is 23.1 Å². The number of H-pyrrole nitrogens is 1. The van der Waals surface area contributed by atoms with Crippen molar-refractivity contribution < 1.29 is 4.39 Å². The SMILES string of the molecule is Cc1[nH]c2c(CNc3ccc(F)cc3)nccc2c1C.Cl. The molecule has 0 aliphatic carbocycles. The van der Waals surface area contributed by atoms with Gasteiger partial charge in [0, 0.05) is 23.0 Å². The van der Waals surface area contributed by atoms with Gasteiger partial charge in [-0.05, 0) is 49.7 Å².